The molecular formula is C19H27Cl2N3O3. The highest BCUT2D eigenvalue weighted by Crippen LogP contribution is 2.29. The summed E-state index contributed by atoms with van der Waals surface area (Å²) in [6.45, 7) is 1.52. The third-order valence-electron chi connectivity index (χ3n) is 4.78. The van der Waals surface area contributed by atoms with Crippen molar-refractivity contribution in [2.45, 2.75) is 56.9 Å². The number of fused-ring (bicyclic) bond motifs is 1. The molecule has 1 heterocycles. The van der Waals surface area contributed by atoms with Crippen LogP contribution in [0.3, 0.4) is 0 Å². The molecule has 6 nitrogen and oxygen atoms in total. The molecule has 0 unspecified atom stereocenters. The molecule has 1 saturated carbocycles. The van der Waals surface area contributed by atoms with Crippen LogP contribution in [0.1, 0.15) is 32.6 Å². The number of nitrogens with zero attached hydrogens (tertiary/aromatic N) is 1. The molecule has 0 radical (unpaired) electrons. The number of halogens is 2. The van der Waals surface area contributed by atoms with Crippen LogP contribution >= 0.6 is 24.8 Å². The molecular weight excluding hydrogens is 389 g/mol. The van der Waals surface area contributed by atoms with Gasteiger partial charge in [0.05, 0.1) is 12.2 Å². The van der Waals surface area contributed by atoms with Gasteiger partial charge in [0, 0.05) is 29.2 Å². The van der Waals surface area contributed by atoms with Crippen molar-refractivity contribution in [2.75, 3.05) is 0 Å². The van der Waals surface area contributed by atoms with Crippen LogP contribution in [0.2, 0.25) is 0 Å². The van der Waals surface area contributed by atoms with Crippen molar-refractivity contribution in [3.63, 3.8) is 0 Å². The SMILES string of the molecule is C[C@@H](O)[C@H](N)C(=O)NC1CCC(Oc2cccc3cnccc23)CC1.Cl.Cl. The first-order valence-electron chi connectivity index (χ1n) is 8.78. The van der Waals surface area contributed by atoms with E-state index in [-0.39, 0.29) is 42.9 Å². The number of amides is 1. The average Bonchev–Trinajstić information content (AvgIpc) is 2.63. The van der Waals surface area contributed by atoms with Gasteiger partial charge >= 0.3 is 0 Å². The van der Waals surface area contributed by atoms with E-state index in [0.717, 1.165) is 42.2 Å². The second-order valence-electron chi connectivity index (χ2n) is 6.72. The number of nitrogens with one attached hydrogen (secondary N) is 1. The van der Waals surface area contributed by atoms with E-state index >= 15 is 0 Å². The van der Waals surface area contributed by atoms with E-state index < -0.39 is 12.1 Å². The smallest absolute Gasteiger partial charge is 0.239 e. The molecule has 1 fully saturated rings. The van der Waals surface area contributed by atoms with Crippen LogP contribution < -0.4 is 15.8 Å². The van der Waals surface area contributed by atoms with Gasteiger partial charge in [-0.2, -0.15) is 0 Å². The maximum atomic E-state index is 11.9. The van der Waals surface area contributed by atoms with Crippen LogP contribution in [0.4, 0.5) is 0 Å². The highest BCUT2D eigenvalue weighted by atomic mass is 35.5. The Morgan fingerprint density at radius 3 is 2.63 bits per heavy atom. The lowest BCUT2D eigenvalue weighted by Crippen LogP contribution is -2.51. The van der Waals surface area contributed by atoms with Crippen molar-refractivity contribution < 1.29 is 14.6 Å². The van der Waals surface area contributed by atoms with Gasteiger partial charge < -0.3 is 20.9 Å². The molecule has 2 aromatic rings. The van der Waals surface area contributed by atoms with Gasteiger partial charge in [0.1, 0.15) is 11.8 Å². The molecule has 8 heteroatoms. The number of aliphatic hydroxyl groups excluding tert-OH is 1. The Morgan fingerprint density at radius 1 is 1.26 bits per heavy atom. The van der Waals surface area contributed by atoms with Crippen molar-refractivity contribution in [3.8, 4) is 5.75 Å². The molecule has 4 N–H and O–H groups in total. The van der Waals surface area contributed by atoms with Crippen LogP contribution in [-0.4, -0.2) is 40.3 Å². The first-order valence-corrected chi connectivity index (χ1v) is 8.78. The molecule has 27 heavy (non-hydrogen) atoms. The van der Waals surface area contributed by atoms with Crippen LogP contribution in [-0.2, 0) is 4.79 Å². The van der Waals surface area contributed by atoms with Crippen molar-refractivity contribution in [1.29, 1.82) is 0 Å². The Labute approximate surface area is 171 Å². The van der Waals surface area contributed by atoms with Crippen molar-refractivity contribution in [1.82, 2.24) is 10.3 Å². The molecule has 1 amide bonds. The fourth-order valence-corrected chi connectivity index (χ4v) is 3.22. The Morgan fingerprint density at radius 2 is 1.96 bits per heavy atom. The largest absolute Gasteiger partial charge is 0.490 e. The van der Waals surface area contributed by atoms with Gasteiger partial charge in [-0.3, -0.25) is 9.78 Å². The summed E-state index contributed by atoms with van der Waals surface area (Å²) in [7, 11) is 0. The topological polar surface area (TPSA) is 97.5 Å². The molecule has 0 spiro atoms. The highest BCUT2D eigenvalue weighted by molar-refractivity contribution is 5.87. The number of pyridine rings is 1. The molecule has 1 aliphatic carbocycles. The van der Waals surface area contributed by atoms with Crippen molar-refractivity contribution in [3.05, 3.63) is 36.7 Å². The summed E-state index contributed by atoms with van der Waals surface area (Å²) in [6, 6.07) is 7.16. The monoisotopic (exact) mass is 415 g/mol. The van der Waals surface area contributed by atoms with Gasteiger partial charge in [0.2, 0.25) is 5.91 Å². The zero-order valence-electron chi connectivity index (χ0n) is 15.2. The number of ether oxygens (including phenoxy) is 1. The molecule has 0 aliphatic heterocycles. The number of carbonyl (C=O) groups is 1. The summed E-state index contributed by atoms with van der Waals surface area (Å²) in [5, 5.41) is 14.5. The van der Waals surface area contributed by atoms with Gasteiger partial charge in [-0.25, -0.2) is 0 Å². The van der Waals surface area contributed by atoms with E-state index in [9.17, 15) is 9.90 Å². The fraction of sp³-hybridized carbons (Fsp3) is 0.474. The average molecular weight is 416 g/mol. The maximum Gasteiger partial charge on any atom is 0.239 e. The second kappa shape index (κ2) is 10.7. The minimum absolute atomic E-state index is 0. The van der Waals surface area contributed by atoms with Crippen LogP contribution in [0.5, 0.6) is 5.75 Å². The van der Waals surface area contributed by atoms with Crippen LogP contribution in [0.15, 0.2) is 36.7 Å². The number of carbonyl (C=O) groups excluding carboxylic acids is 1. The molecule has 1 aliphatic rings. The molecule has 3 rings (SSSR count). The van der Waals surface area contributed by atoms with Crippen LogP contribution in [0, 0.1) is 0 Å². The zero-order valence-corrected chi connectivity index (χ0v) is 16.8. The van der Waals surface area contributed by atoms with Gasteiger partial charge in [-0.1, -0.05) is 12.1 Å². The summed E-state index contributed by atoms with van der Waals surface area (Å²) in [4.78, 5) is 16.1. The number of benzene rings is 1. The molecule has 2 atom stereocenters. The lowest BCUT2D eigenvalue weighted by Gasteiger charge is -2.30. The predicted molar refractivity (Wildman–Crippen MR) is 111 cm³/mol. The number of nitrogens with two attached hydrogens (primary N) is 1. The number of rotatable bonds is 5. The van der Waals surface area contributed by atoms with E-state index in [1.807, 2.05) is 30.5 Å². The predicted octanol–water partition coefficient (Wildman–Crippen LogP) is 2.59. The molecule has 0 saturated heterocycles. The lowest BCUT2D eigenvalue weighted by atomic mass is 9.92. The maximum absolute atomic E-state index is 11.9. The van der Waals surface area contributed by atoms with Crippen LogP contribution in [0.25, 0.3) is 10.8 Å². The molecule has 1 aromatic carbocycles. The van der Waals surface area contributed by atoms with E-state index in [1.165, 1.54) is 6.92 Å². The summed E-state index contributed by atoms with van der Waals surface area (Å²) in [6.07, 6.45) is 6.32. The first-order chi connectivity index (χ1) is 12.0. The Bertz CT molecular complexity index is 732. The quantitative estimate of drug-likeness (QED) is 0.696. The van der Waals surface area contributed by atoms with E-state index in [0.29, 0.717) is 0 Å². The lowest BCUT2D eigenvalue weighted by molar-refractivity contribution is -0.125. The van der Waals surface area contributed by atoms with Gasteiger partial charge in [-0.05, 0) is 44.7 Å². The third-order valence-corrected chi connectivity index (χ3v) is 4.78. The molecule has 1 aromatic heterocycles. The number of hydrogen-bond acceptors (Lipinski definition) is 5. The number of aromatic nitrogens is 1. The fourth-order valence-electron chi connectivity index (χ4n) is 3.22. The molecule has 150 valence electrons. The summed E-state index contributed by atoms with van der Waals surface area (Å²) < 4.78 is 6.20. The first kappa shape index (κ1) is 23.4. The number of aliphatic hydroxyl groups is 1. The van der Waals surface area contributed by atoms with E-state index in [4.69, 9.17) is 10.5 Å². The summed E-state index contributed by atoms with van der Waals surface area (Å²) >= 11 is 0. The van der Waals surface area contributed by atoms with Crippen molar-refractivity contribution in [2.24, 2.45) is 5.73 Å². The summed E-state index contributed by atoms with van der Waals surface area (Å²) in [5.41, 5.74) is 5.67. The number of hydrogen-bond donors (Lipinski definition) is 3. The van der Waals surface area contributed by atoms with Gasteiger partial charge in [-0.15, -0.1) is 24.8 Å². The van der Waals surface area contributed by atoms with Gasteiger partial charge in [0.25, 0.3) is 0 Å². The zero-order chi connectivity index (χ0) is 17.8. The normalized spacial score (nSPS) is 21.3. The Hall–Kier alpha value is -1.60. The van der Waals surface area contributed by atoms with E-state index in [1.54, 1.807) is 6.20 Å². The Balaban J connectivity index is 0.00000182. The molecule has 0 bridgehead atoms. The standard InChI is InChI=1S/C19H25N3O3.2ClH/c1-12(23)18(20)19(24)22-14-5-7-15(8-6-14)25-17-4-2-3-13-11-21-10-9-16(13)17;;/h2-4,9-12,14-15,18,23H,5-8,20H2,1H3,(H,22,24);2*1H/t12-,14?,15?,18+;;/m1../s1. The minimum Gasteiger partial charge on any atom is -0.490 e. The van der Waals surface area contributed by atoms with Gasteiger partial charge in [0.15, 0.2) is 0 Å². The highest BCUT2D eigenvalue weighted by Gasteiger charge is 2.26. The third kappa shape index (κ3) is 5.94. The Kier molecular flexibility index (Phi) is 9.26. The second-order valence-corrected chi connectivity index (χ2v) is 6.72. The minimum atomic E-state index is -0.877. The van der Waals surface area contributed by atoms with Crippen molar-refractivity contribution >= 4 is 41.5 Å². The summed E-state index contributed by atoms with van der Waals surface area (Å²) in [5.74, 6) is 0.587. The van der Waals surface area contributed by atoms with E-state index in [2.05, 4.69) is 10.3 Å².